The van der Waals surface area contributed by atoms with Crippen LogP contribution in [0.15, 0.2) is 90.1 Å². The quantitative estimate of drug-likeness (QED) is 0.252. The van der Waals surface area contributed by atoms with E-state index in [4.69, 9.17) is 0 Å². The second kappa shape index (κ2) is 9.89. The Morgan fingerprint density at radius 2 is 1.50 bits per heavy atom. The summed E-state index contributed by atoms with van der Waals surface area (Å²) < 4.78 is 0. The number of nitrogens with one attached hydrogen (secondary N) is 2. The van der Waals surface area contributed by atoms with Gasteiger partial charge in [0.1, 0.15) is 0 Å². The van der Waals surface area contributed by atoms with Crippen LogP contribution in [0.1, 0.15) is 30.4 Å². The number of amides is 2. The minimum absolute atomic E-state index is 0.0283. The van der Waals surface area contributed by atoms with E-state index in [2.05, 4.69) is 70.9 Å². The molecule has 4 heterocycles. The summed E-state index contributed by atoms with van der Waals surface area (Å²) in [6, 6.07) is 25.0. The van der Waals surface area contributed by atoms with Crippen molar-refractivity contribution in [1.82, 2.24) is 14.9 Å². The molecule has 2 aliphatic rings. The molecule has 7 heteroatoms. The van der Waals surface area contributed by atoms with E-state index in [0.717, 1.165) is 34.5 Å². The maximum Gasteiger partial charge on any atom is 0.228 e. The first kappa shape index (κ1) is 25.0. The van der Waals surface area contributed by atoms with Gasteiger partial charge in [-0.2, -0.15) is 0 Å². The Labute approximate surface area is 237 Å². The van der Waals surface area contributed by atoms with Crippen LogP contribution in [0.25, 0.3) is 21.8 Å². The van der Waals surface area contributed by atoms with Crippen molar-refractivity contribution in [3.8, 4) is 0 Å². The number of thioether (sulfide) groups is 1. The minimum atomic E-state index is -0.306. The largest absolute Gasteiger partial charge is 0.361 e. The third-order valence-electron chi connectivity index (χ3n) is 8.98. The molecular formula is C33H32N4O2S. The highest BCUT2D eigenvalue weighted by molar-refractivity contribution is 7.98. The molecule has 5 aromatic rings. The van der Waals surface area contributed by atoms with E-state index >= 15 is 0 Å². The fourth-order valence-corrected chi connectivity index (χ4v) is 7.34. The number of benzene rings is 3. The first-order chi connectivity index (χ1) is 19.6. The number of aromatic nitrogens is 2. The molecule has 0 spiro atoms. The lowest BCUT2D eigenvalue weighted by atomic mass is 9.67. The van der Waals surface area contributed by atoms with Gasteiger partial charge in [-0.3, -0.25) is 9.59 Å². The number of anilines is 1. The molecule has 1 atom stereocenters. The monoisotopic (exact) mass is 548 g/mol. The van der Waals surface area contributed by atoms with Crippen LogP contribution in [0.2, 0.25) is 0 Å². The lowest BCUT2D eigenvalue weighted by Crippen LogP contribution is -2.47. The first-order valence-electron chi connectivity index (χ1n) is 13.9. The molecule has 2 fully saturated rings. The fraction of sp³-hybridized carbons (Fsp3) is 0.273. The molecule has 40 heavy (non-hydrogen) atoms. The first-order valence-corrected chi connectivity index (χ1v) is 15.2. The van der Waals surface area contributed by atoms with Crippen LogP contribution in [0.4, 0.5) is 5.69 Å². The molecule has 1 unspecified atom stereocenters. The summed E-state index contributed by atoms with van der Waals surface area (Å²) in [6.45, 7) is 1.76. The van der Waals surface area contributed by atoms with Crippen LogP contribution in [-0.2, 0) is 15.0 Å². The molecule has 2 aliphatic heterocycles. The number of H-pyrrole nitrogens is 2. The Balaban J connectivity index is 1.17. The smallest absolute Gasteiger partial charge is 0.228 e. The number of nitrogens with zero attached hydrogens (tertiary/aromatic N) is 2. The lowest BCUT2D eigenvalue weighted by molar-refractivity contribution is -0.137. The van der Waals surface area contributed by atoms with Gasteiger partial charge in [0.15, 0.2) is 0 Å². The molecule has 202 valence electrons. The van der Waals surface area contributed by atoms with Crippen LogP contribution in [-0.4, -0.2) is 52.6 Å². The van der Waals surface area contributed by atoms with E-state index in [1.165, 1.54) is 21.9 Å². The Bertz CT molecular complexity index is 1650. The molecule has 0 bridgehead atoms. The summed E-state index contributed by atoms with van der Waals surface area (Å²) in [7, 11) is 0. The van der Waals surface area contributed by atoms with Crippen molar-refractivity contribution in [1.29, 1.82) is 0 Å². The Hall–Kier alpha value is -3.97. The summed E-state index contributed by atoms with van der Waals surface area (Å²) in [5.41, 5.74) is 5.48. The standard InChI is InChI=1S/C33H32N4O2S/c1-40-24-8-6-7-23(18-24)37-21-22(17-31(37)38)32(39)36-15-13-33(14-16-36,27-19-34-29-11-4-2-9-25(27)29)28-20-35-30-12-5-3-10-26(28)30/h2-12,18-20,22,34-35H,13-17,21H2,1H3. The number of rotatable bonds is 5. The zero-order valence-corrected chi connectivity index (χ0v) is 23.3. The number of hydrogen-bond acceptors (Lipinski definition) is 3. The predicted molar refractivity (Wildman–Crippen MR) is 162 cm³/mol. The van der Waals surface area contributed by atoms with E-state index in [1.54, 1.807) is 16.7 Å². The molecule has 0 radical (unpaired) electrons. The SMILES string of the molecule is CSc1cccc(N2CC(C(=O)N3CCC(c4c[nH]c5ccccc45)(c4c[nH]c5ccccc45)CC3)CC2=O)c1. The molecule has 7 rings (SSSR count). The summed E-state index contributed by atoms with van der Waals surface area (Å²) in [5.74, 6) is -0.178. The number of para-hydroxylation sites is 2. The molecular weight excluding hydrogens is 516 g/mol. The number of hydrogen-bond donors (Lipinski definition) is 2. The van der Waals surface area contributed by atoms with Gasteiger partial charge in [0.25, 0.3) is 0 Å². The van der Waals surface area contributed by atoms with E-state index in [1.807, 2.05) is 35.4 Å². The molecule has 2 saturated heterocycles. The topological polar surface area (TPSA) is 72.2 Å². The highest BCUT2D eigenvalue weighted by Crippen LogP contribution is 2.47. The minimum Gasteiger partial charge on any atom is -0.361 e. The molecule has 2 amide bonds. The number of fused-ring (bicyclic) bond motifs is 2. The van der Waals surface area contributed by atoms with Gasteiger partial charge in [0, 0.05) is 76.3 Å². The average molecular weight is 549 g/mol. The highest BCUT2D eigenvalue weighted by Gasteiger charge is 2.44. The Morgan fingerprint density at radius 3 is 2.12 bits per heavy atom. The molecule has 0 saturated carbocycles. The zero-order valence-electron chi connectivity index (χ0n) is 22.5. The van der Waals surface area contributed by atoms with Crippen LogP contribution in [0.3, 0.4) is 0 Å². The number of aromatic amines is 2. The third-order valence-corrected chi connectivity index (χ3v) is 9.70. The second-order valence-corrected chi connectivity index (χ2v) is 11.9. The number of piperidine rings is 1. The summed E-state index contributed by atoms with van der Waals surface area (Å²) >= 11 is 1.65. The Kier molecular flexibility index (Phi) is 6.19. The number of likely N-dealkylation sites (tertiary alicyclic amines) is 1. The van der Waals surface area contributed by atoms with Gasteiger partial charge in [-0.05, 0) is 60.6 Å². The van der Waals surface area contributed by atoms with Crippen molar-refractivity contribution in [3.05, 3.63) is 96.3 Å². The zero-order chi connectivity index (χ0) is 27.3. The third kappa shape index (κ3) is 4.03. The van der Waals surface area contributed by atoms with Crippen molar-refractivity contribution in [2.45, 2.75) is 29.6 Å². The van der Waals surface area contributed by atoms with Crippen molar-refractivity contribution in [3.63, 3.8) is 0 Å². The Morgan fingerprint density at radius 1 is 0.875 bits per heavy atom. The molecule has 3 aromatic carbocycles. The molecule has 2 N–H and O–H groups in total. The lowest BCUT2D eigenvalue weighted by Gasteiger charge is -2.43. The van der Waals surface area contributed by atoms with Crippen LogP contribution < -0.4 is 4.90 Å². The molecule has 0 aliphatic carbocycles. The maximum atomic E-state index is 13.8. The summed E-state index contributed by atoms with van der Waals surface area (Å²) in [5, 5.41) is 2.47. The fourth-order valence-electron chi connectivity index (χ4n) is 6.89. The van der Waals surface area contributed by atoms with Crippen molar-refractivity contribution in [2.75, 3.05) is 30.8 Å². The normalized spacial score (nSPS) is 19.1. The average Bonchev–Trinajstić information content (AvgIpc) is 3.74. The van der Waals surface area contributed by atoms with E-state index in [-0.39, 0.29) is 29.6 Å². The van der Waals surface area contributed by atoms with Crippen LogP contribution >= 0.6 is 11.8 Å². The van der Waals surface area contributed by atoms with Gasteiger partial charge in [0.05, 0.1) is 5.92 Å². The summed E-state index contributed by atoms with van der Waals surface area (Å²) in [4.78, 5) is 38.7. The van der Waals surface area contributed by atoms with E-state index < -0.39 is 0 Å². The number of carbonyl (C=O) groups excluding carboxylic acids is 2. The van der Waals surface area contributed by atoms with Crippen LogP contribution in [0, 0.1) is 5.92 Å². The van der Waals surface area contributed by atoms with Gasteiger partial charge in [0.2, 0.25) is 11.8 Å². The predicted octanol–water partition coefficient (Wildman–Crippen LogP) is 6.33. The maximum absolute atomic E-state index is 13.8. The van der Waals surface area contributed by atoms with Gasteiger partial charge >= 0.3 is 0 Å². The van der Waals surface area contributed by atoms with Gasteiger partial charge < -0.3 is 19.8 Å². The van der Waals surface area contributed by atoms with Crippen LogP contribution in [0.5, 0.6) is 0 Å². The van der Waals surface area contributed by atoms with E-state index in [9.17, 15) is 9.59 Å². The van der Waals surface area contributed by atoms with Gasteiger partial charge in [-0.25, -0.2) is 0 Å². The molecule has 6 nitrogen and oxygen atoms in total. The van der Waals surface area contributed by atoms with Crippen molar-refractivity contribution >= 4 is 51.1 Å². The van der Waals surface area contributed by atoms with Gasteiger partial charge in [-0.15, -0.1) is 11.8 Å². The van der Waals surface area contributed by atoms with Crippen molar-refractivity contribution in [2.24, 2.45) is 5.92 Å². The van der Waals surface area contributed by atoms with Gasteiger partial charge in [-0.1, -0.05) is 42.5 Å². The van der Waals surface area contributed by atoms with E-state index in [0.29, 0.717) is 19.6 Å². The highest BCUT2D eigenvalue weighted by atomic mass is 32.2. The molecule has 2 aromatic heterocycles. The summed E-state index contributed by atoms with van der Waals surface area (Å²) in [6.07, 6.45) is 8.28. The second-order valence-electron chi connectivity index (χ2n) is 11.0. The van der Waals surface area contributed by atoms with Crippen molar-refractivity contribution < 1.29 is 9.59 Å². The number of carbonyl (C=O) groups is 2.